The SMILES string of the molecule is CNCc1c(CN(C)C(C)CC(C)C)oc2ccccc12. The molecule has 3 nitrogen and oxygen atoms in total. The van der Waals surface area contributed by atoms with Gasteiger partial charge in [0.05, 0.1) is 6.54 Å². The summed E-state index contributed by atoms with van der Waals surface area (Å²) in [6, 6.07) is 8.86. The third-order valence-electron chi connectivity index (χ3n) is 4.09. The Bertz CT molecular complexity index is 574. The molecule has 1 heterocycles. The van der Waals surface area contributed by atoms with Gasteiger partial charge in [-0.25, -0.2) is 0 Å². The van der Waals surface area contributed by atoms with Crippen molar-refractivity contribution in [1.29, 1.82) is 0 Å². The first kappa shape index (κ1) is 16.1. The van der Waals surface area contributed by atoms with Gasteiger partial charge in [-0.2, -0.15) is 0 Å². The highest BCUT2D eigenvalue weighted by Gasteiger charge is 2.18. The maximum Gasteiger partial charge on any atom is 0.134 e. The molecule has 0 bridgehead atoms. The summed E-state index contributed by atoms with van der Waals surface area (Å²) >= 11 is 0. The maximum absolute atomic E-state index is 6.10. The Kier molecular flexibility index (Phi) is 5.43. The summed E-state index contributed by atoms with van der Waals surface area (Å²) in [6.45, 7) is 8.55. The summed E-state index contributed by atoms with van der Waals surface area (Å²) in [4.78, 5) is 2.39. The second-order valence-corrected chi connectivity index (χ2v) is 6.42. The van der Waals surface area contributed by atoms with E-state index in [1.807, 2.05) is 13.1 Å². The molecule has 0 aliphatic heterocycles. The fourth-order valence-corrected chi connectivity index (χ4v) is 2.89. The van der Waals surface area contributed by atoms with Crippen molar-refractivity contribution >= 4 is 11.0 Å². The summed E-state index contributed by atoms with van der Waals surface area (Å²) in [6.07, 6.45) is 1.21. The van der Waals surface area contributed by atoms with Gasteiger partial charge in [0.1, 0.15) is 11.3 Å². The number of benzene rings is 1. The summed E-state index contributed by atoms with van der Waals surface area (Å²) < 4.78 is 6.10. The Hall–Kier alpha value is -1.32. The molecule has 3 heteroatoms. The molecule has 2 aromatic rings. The molecule has 1 N–H and O–H groups in total. The second-order valence-electron chi connectivity index (χ2n) is 6.42. The van der Waals surface area contributed by atoms with Crippen LogP contribution < -0.4 is 5.32 Å². The minimum absolute atomic E-state index is 0.556. The fourth-order valence-electron chi connectivity index (χ4n) is 2.89. The molecule has 0 fully saturated rings. The van der Waals surface area contributed by atoms with Gasteiger partial charge in [-0.05, 0) is 39.4 Å². The van der Waals surface area contributed by atoms with Crippen LogP contribution in [0.15, 0.2) is 28.7 Å². The lowest BCUT2D eigenvalue weighted by Crippen LogP contribution is -2.30. The molecule has 0 aliphatic carbocycles. The van der Waals surface area contributed by atoms with Gasteiger partial charge in [0.2, 0.25) is 0 Å². The molecular formula is C18H28N2O. The van der Waals surface area contributed by atoms with Crippen LogP contribution in [0.5, 0.6) is 0 Å². The van der Waals surface area contributed by atoms with Crippen molar-refractivity contribution in [3.8, 4) is 0 Å². The largest absolute Gasteiger partial charge is 0.459 e. The Morgan fingerprint density at radius 1 is 1.19 bits per heavy atom. The van der Waals surface area contributed by atoms with E-state index < -0.39 is 0 Å². The van der Waals surface area contributed by atoms with Gasteiger partial charge in [-0.15, -0.1) is 0 Å². The number of nitrogens with one attached hydrogen (secondary N) is 1. The number of rotatable bonds is 7. The van der Waals surface area contributed by atoms with E-state index >= 15 is 0 Å². The molecule has 1 atom stereocenters. The number of fused-ring (bicyclic) bond motifs is 1. The second kappa shape index (κ2) is 7.10. The summed E-state index contributed by atoms with van der Waals surface area (Å²) in [5, 5.41) is 4.49. The predicted molar refractivity (Wildman–Crippen MR) is 89.4 cm³/mol. The van der Waals surface area contributed by atoms with E-state index in [1.165, 1.54) is 17.4 Å². The van der Waals surface area contributed by atoms with Crippen LogP contribution >= 0.6 is 0 Å². The summed E-state index contributed by atoms with van der Waals surface area (Å²) in [7, 11) is 4.17. The first-order valence-electron chi connectivity index (χ1n) is 7.87. The van der Waals surface area contributed by atoms with Crippen molar-refractivity contribution in [2.45, 2.75) is 46.3 Å². The van der Waals surface area contributed by atoms with Crippen LogP contribution in [0.2, 0.25) is 0 Å². The highest BCUT2D eigenvalue weighted by atomic mass is 16.3. The van der Waals surface area contributed by atoms with E-state index in [0.29, 0.717) is 6.04 Å². The zero-order chi connectivity index (χ0) is 15.4. The Labute approximate surface area is 128 Å². The summed E-state index contributed by atoms with van der Waals surface area (Å²) in [5.74, 6) is 1.80. The van der Waals surface area contributed by atoms with E-state index in [-0.39, 0.29) is 0 Å². The first-order chi connectivity index (χ1) is 10.0. The standard InChI is InChI=1S/C18H28N2O/c1-13(2)10-14(3)20(5)12-18-16(11-19-4)15-8-6-7-9-17(15)21-18/h6-9,13-14,19H,10-12H2,1-5H3. The lowest BCUT2D eigenvalue weighted by molar-refractivity contribution is 0.206. The van der Waals surface area contributed by atoms with E-state index in [4.69, 9.17) is 4.42 Å². The molecule has 0 spiro atoms. The van der Waals surface area contributed by atoms with E-state index in [9.17, 15) is 0 Å². The van der Waals surface area contributed by atoms with E-state index in [2.05, 4.69) is 56.2 Å². The topological polar surface area (TPSA) is 28.4 Å². The normalized spacial score (nSPS) is 13.5. The number of para-hydroxylation sites is 1. The zero-order valence-electron chi connectivity index (χ0n) is 13.9. The molecule has 21 heavy (non-hydrogen) atoms. The summed E-state index contributed by atoms with van der Waals surface area (Å²) in [5.41, 5.74) is 2.28. The van der Waals surface area contributed by atoms with Crippen LogP contribution in [-0.4, -0.2) is 25.0 Å². The lowest BCUT2D eigenvalue weighted by atomic mass is 10.0. The van der Waals surface area contributed by atoms with Crippen LogP contribution in [0.3, 0.4) is 0 Å². The quantitative estimate of drug-likeness (QED) is 0.834. The Morgan fingerprint density at radius 3 is 2.57 bits per heavy atom. The molecule has 116 valence electrons. The number of nitrogens with zero attached hydrogens (tertiary/aromatic N) is 1. The van der Waals surface area contributed by atoms with Crippen molar-refractivity contribution in [2.24, 2.45) is 5.92 Å². The number of hydrogen-bond acceptors (Lipinski definition) is 3. The van der Waals surface area contributed by atoms with Gasteiger partial charge in [0, 0.05) is 23.5 Å². The number of hydrogen-bond donors (Lipinski definition) is 1. The highest BCUT2D eigenvalue weighted by molar-refractivity contribution is 5.82. The van der Waals surface area contributed by atoms with Crippen molar-refractivity contribution < 1.29 is 4.42 Å². The molecule has 1 unspecified atom stereocenters. The fraction of sp³-hybridized carbons (Fsp3) is 0.556. The Morgan fingerprint density at radius 2 is 1.90 bits per heavy atom. The zero-order valence-corrected chi connectivity index (χ0v) is 13.9. The highest BCUT2D eigenvalue weighted by Crippen LogP contribution is 2.27. The van der Waals surface area contributed by atoms with Crippen LogP contribution in [0, 0.1) is 5.92 Å². The minimum atomic E-state index is 0.556. The van der Waals surface area contributed by atoms with Crippen LogP contribution in [0.1, 0.15) is 38.5 Å². The smallest absolute Gasteiger partial charge is 0.134 e. The molecule has 0 saturated heterocycles. The molecule has 1 aromatic heterocycles. The van der Waals surface area contributed by atoms with E-state index in [0.717, 1.165) is 30.4 Å². The van der Waals surface area contributed by atoms with Crippen molar-refractivity contribution in [3.05, 3.63) is 35.6 Å². The molecule has 0 radical (unpaired) electrons. The average Bonchev–Trinajstić information content (AvgIpc) is 2.76. The molecule has 1 aromatic carbocycles. The predicted octanol–water partition coefficient (Wildman–Crippen LogP) is 4.02. The lowest BCUT2D eigenvalue weighted by Gasteiger charge is -2.25. The third kappa shape index (κ3) is 3.86. The minimum Gasteiger partial charge on any atom is -0.459 e. The van der Waals surface area contributed by atoms with Crippen LogP contribution in [0.25, 0.3) is 11.0 Å². The van der Waals surface area contributed by atoms with Crippen molar-refractivity contribution in [3.63, 3.8) is 0 Å². The van der Waals surface area contributed by atoms with Gasteiger partial charge in [0.15, 0.2) is 0 Å². The van der Waals surface area contributed by atoms with E-state index in [1.54, 1.807) is 0 Å². The van der Waals surface area contributed by atoms with Gasteiger partial charge >= 0.3 is 0 Å². The van der Waals surface area contributed by atoms with Gasteiger partial charge < -0.3 is 9.73 Å². The molecular weight excluding hydrogens is 260 g/mol. The molecule has 0 amide bonds. The number of furan rings is 1. The first-order valence-corrected chi connectivity index (χ1v) is 7.87. The van der Waals surface area contributed by atoms with Gasteiger partial charge in [0.25, 0.3) is 0 Å². The molecule has 0 saturated carbocycles. The van der Waals surface area contributed by atoms with Crippen LogP contribution in [0.4, 0.5) is 0 Å². The van der Waals surface area contributed by atoms with Crippen LogP contribution in [-0.2, 0) is 13.1 Å². The molecule has 2 rings (SSSR count). The molecule has 0 aliphatic rings. The average molecular weight is 288 g/mol. The Balaban J connectivity index is 2.22. The maximum atomic E-state index is 6.10. The van der Waals surface area contributed by atoms with Gasteiger partial charge in [-0.3, -0.25) is 4.90 Å². The van der Waals surface area contributed by atoms with Gasteiger partial charge in [-0.1, -0.05) is 32.0 Å². The third-order valence-corrected chi connectivity index (χ3v) is 4.09. The van der Waals surface area contributed by atoms with Crippen molar-refractivity contribution in [1.82, 2.24) is 10.2 Å². The van der Waals surface area contributed by atoms with Crippen molar-refractivity contribution in [2.75, 3.05) is 14.1 Å². The monoisotopic (exact) mass is 288 g/mol.